The molecule has 0 aliphatic rings. The Morgan fingerprint density at radius 3 is 2.47 bits per heavy atom. The van der Waals surface area contributed by atoms with Gasteiger partial charge < -0.3 is 5.11 Å². The Balaban J connectivity index is 2.51. The maximum Gasteiger partial charge on any atom is 0.112 e. The molecule has 1 heterocycles. The highest BCUT2D eigenvalue weighted by Crippen LogP contribution is 2.22. The Morgan fingerprint density at radius 2 is 1.94 bits per heavy atom. The van der Waals surface area contributed by atoms with E-state index in [1.165, 1.54) is 0 Å². The molecule has 0 aliphatic carbocycles. The summed E-state index contributed by atoms with van der Waals surface area (Å²) >= 11 is 5.85. The summed E-state index contributed by atoms with van der Waals surface area (Å²) < 4.78 is 1.74. The van der Waals surface area contributed by atoms with E-state index < -0.39 is 0 Å². The van der Waals surface area contributed by atoms with Gasteiger partial charge in [-0.2, -0.15) is 0 Å². The molecule has 1 aromatic heterocycles. The van der Waals surface area contributed by atoms with Crippen molar-refractivity contribution in [1.29, 1.82) is 0 Å². The van der Waals surface area contributed by atoms with Gasteiger partial charge in [-0.1, -0.05) is 30.7 Å². The molecule has 0 radical (unpaired) electrons. The van der Waals surface area contributed by atoms with Crippen LogP contribution in [0.1, 0.15) is 31.2 Å². The highest BCUT2D eigenvalue weighted by atomic mass is 35.5. The van der Waals surface area contributed by atoms with Crippen LogP contribution in [0.2, 0.25) is 5.02 Å². The van der Waals surface area contributed by atoms with E-state index in [2.05, 4.69) is 10.3 Å². The minimum atomic E-state index is -0.0961. The second-order valence-electron chi connectivity index (χ2n) is 4.12. The van der Waals surface area contributed by atoms with Gasteiger partial charge in [-0.3, -0.25) is 0 Å². The molecule has 0 fully saturated rings. The standard InChI is InChI=1S/C12H14ClN3O/c1-8(2)12-11(7-17)14-15-16(12)10-5-3-9(13)4-6-10/h3-6,8,17H,7H2,1-2H3. The average Bonchev–Trinajstić information content (AvgIpc) is 2.73. The normalized spacial score (nSPS) is 11.1. The molecule has 5 heteroatoms. The second kappa shape index (κ2) is 4.85. The van der Waals surface area contributed by atoms with E-state index >= 15 is 0 Å². The van der Waals surface area contributed by atoms with E-state index in [0.717, 1.165) is 11.4 Å². The molecule has 0 aliphatic heterocycles. The molecule has 0 unspecified atom stereocenters. The Hall–Kier alpha value is -1.39. The van der Waals surface area contributed by atoms with Crippen LogP contribution in [0.3, 0.4) is 0 Å². The van der Waals surface area contributed by atoms with E-state index in [0.29, 0.717) is 10.7 Å². The second-order valence-corrected chi connectivity index (χ2v) is 4.56. The van der Waals surface area contributed by atoms with Crippen molar-refractivity contribution >= 4 is 11.6 Å². The van der Waals surface area contributed by atoms with Crippen molar-refractivity contribution in [2.75, 3.05) is 0 Å². The van der Waals surface area contributed by atoms with Crippen LogP contribution in [0, 0.1) is 0 Å². The first-order valence-corrected chi connectivity index (χ1v) is 5.82. The Labute approximate surface area is 105 Å². The molecular formula is C12H14ClN3O. The average molecular weight is 252 g/mol. The summed E-state index contributed by atoms with van der Waals surface area (Å²) in [5, 5.41) is 18.0. The molecule has 90 valence electrons. The largest absolute Gasteiger partial charge is 0.390 e. The van der Waals surface area contributed by atoms with Gasteiger partial charge in [0, 0.05) is 5.02 Å². The van der Waals surface area contributed by atoms with Crippen molar-refractivity contribution in [3.8, 4) is 5.69 Å². The lowest BCUT2D eigenvalue weighted by atomic mass is 10.1. The zero-order valence-electron chi connectivity index (χ0n) is 9.76. The van der Waals surface area contributed by atoms with Crippen LogP contribution in [0.25, 0.3) is 5.69 Å². The lowest BCUT2D eigenvalue weighted by Gasteiger charge is -2.10. The van der Waals surface area contributed by atoms with Crippen LogP contribution in [-0.4, -0.2) is 20.1 Å². The Bertz CT molecular complexity index is 505. The lowest BCUT2D eigenvalue weighted by molar-refractivity contribution is 0.275. The van der Waals surface area contributed by atoms with Crippen molar-refractivity contribution in [1.82, 2.24) is 15.0 Å². The number of rotatable bonds is 3. The number of aliphatic hydroxyl groups is 1. The summed E-state index contributed by atoms with van der Waals surface area (Å²) in [5.74, 6) is 0.239. The van der Waals surface area contributed by atoms with Gasteiger partial charge in [0.2, 0.25) is 0 Å². The van der Waals surface area contributed by atoms with Gasteiger partial charge in [0.15, 0.2) is 0 Å². The van der Waals surface area contributed by atoms with Gasteiger partial charge in [-0.15, -0.1) is 5.10 Å². The zero-order chi connectivity index (χ0) is 12.4. The zero-order valence-corrected chi connectivity index (χ0v) is 10.5. The highest BCUT2D eigenvalue weighted by molar-refractivity contribution is 6.30. The number of hydrogen-bond donors (Lipinski definition) is 1. The Kier molecular flexibility index (Phi) is 3.45. The molecule has 0 amide bonds. The van der Waals surface area contributed by atoms with E-state index in [1.54, 1.807) is 16.8 Å². The topological polar surface area (TPSA) is 50.9 Å². The molecule has 0 spiro atoms. The van der Waals surface area contributed by atoms with Gasteiger partial charge in [-0.25, -0.2) is 4.68 Å². The van der Waals surface area contributed by atoms with E-state index in [-0.39, 0.29) is 12.5 Å². The maximum atomic E-state index is 9.23. The van der Waals surface area contributed by atoms with Crippen LogP contribution < -0.4 is 0 Å². The molecule has 0 bridgehead atoms. The van der Waals surface area contributed by atoms with Crippen LogP contribution >= 0.6 is 11.6 Å². The quantitative estimate of drug-likeness (QED) is 0.912. The molecule has 1 N–H and O–H groups in total. The fraction of sp³-hybridized carbons (Fsp3) is 0.333. The minimum Gasteiger partial charge on any atom is -0.390 e. The smallest absolute Gasteiger partial charge is 0.112 e. The molecule has 0 saturated carbocycles. The number of halogens is 1. The number of hydrogen-bond acceptors (Lipinski definition) is 3. The van der Waals surface area contributed by atoms with E-state index in [9.17, 15) is 5.11 Å². The third-order valence-corrected chi connectivity index (χ3v) is 2.80. The number of aliphatic hydroxyl groups excluding tert-OH is 1. The molecule has 2 rings (SSSR count). The molecule has 1 aromatic carbocycles. The maximum absolute atomic E-state index is 9.23. The van der Waals surface area contributed by atoms with Gasteiger partial charge in [0.1, 0.15) is 5.69 Å². The van der Waals surface area contributed by atoms with Crippen molar-refractivity contribution in [3.63, 3.8) is 0 Å². The summed E-state index contributed by atoms with van der Waals surface area (Å²) in [7, 11) is 0. The SMILES string of the molecule is CC(C)c1c(CO)nnn1-c1ccc(Cl)cc1. The third-order valence-electron chi connectivity index (χ3n) is 2.55. The van der Waals surface area contributed by atoms with Crippen molar-refractivity contribution in [2.24, 2.45) is 0 Å². The van der Waals surface area contributed by atoms with Gasteiger partial charge in [0.25, 0.3) is 0 Å². The summed E-state index contributed by atoms with van der Waals surface area (Å²) in [6.45, 7) is 4.00. The Morgan fingerprint density at radius 1 is 1.29 bits per heavy atom. The summed E-state index contributed by atoms with van der Waals surface area (Å²) in [6, 6.07) is 7.37. The van der Waals surface area contributed by atoms with E-state index in [1.807, 2.05) is 26.0 Å². The van der Waals surface area contributed by atoms with Gasteiger partial charge in [-0.05, 0) is 30.2 Å². The molecule has 0 atom stereocenters. The fourth-order valence-electron chi connectivity index (χ4n) is 1.78. The van der Waals surface area contributed by atoms with Crippen LogP contribution in [0.5, 0.6) is 0 Å². The van der Waals surface area contributed by atoms with Crippen LogP contribution in [0.15, 0.2) is 24.3 Å². The predicted molar refractivity (Wildman–Crippen MR) is 66.4 cm³/mol. The summed E-state index contributed by atoms with van der Waals surface area (Å²) in [6.07, 6.45) is 0. The predicted octanol–water partition coefficient (Wildman–Crippen LogP) is 2.54. The first-order valence-electron chi connectivity index (χ1n) is 5.44. The number of nitrogens with zero attached hydrogens (tertiary/aromatic N) is 3. The fourth-order valence-corrected chi connectivity index (χ4v) is 1.91. The minimum absolute atomic E-state index is 0.0961. The first kappa shape index (κ1) is 12.1. The third kappa shape index (κ3) is 2.33. The number of aromatic nitrogens is 3. The molecule has 2 aromatic rings. The summed E-state index contributed by atoms with van der Waals surface area (Å²) in [5.41, 5.74) is 2.44. The van der Waals surface area contributed by atoms with Crippen molar-refractivity contribution in [2.45, 2.75) is 26.4 Å². The van der Waals surface area contributed by atoms with E-state index in [4.69, 9.17) is 11.6 Å². The number of benzene rings is 1. The van der Waals surface area contributed by atoms with Crippen molar-refractivity contribution in [3.05, 3.63) is 40.7 Å². The van der Waals surface area contributed by atoms with Crippen LogP contribution in [-0.2, 0) is 6.61 Å². The van der Waals surface area contributed by atoms with Crippen molar-refractivity contribution < 1.29 is 5.11 Å². The van der Waals surface area contributed by atoms with Gasteiger partial charge in [0.05, 0.1) is 18.0 Å². The molecular weight excluding hydrogens is 238 g/mol. The highest BCUT2D eigenvalue weighted by Gasteiger charge is 2.16. The monoisotopic (exact) mass is 251 g/mol. The first-order chi connectivity index (χ1) is 8.13. The lowest BCUT2D eigenvalue weighted by Crippen LogP contribution is -2.05. The molecule has 0 saturated heterocycles. The summed E-state index contributed by atoms with van der Waals surface area (Å²) in [4.78, 5) is 0. The van der Waals surface area contributed by atoms with Crippen LogP contribution in [0.4, 0.5) is 0 Å². The molecule has 17 heavy (non-hydrogen) atoms. The van der Waals surface area contributed by atoms with Gasteiger partial charge >= 0.3 is 0 Å². The molecule has 4 nitrogen and oxygen atoms in total.